The predicted octanol–water partition coefficient (Wildman–Crippen LogP) is 1.57. The molecule has 0 bridgehead atoms. The summed E-state index contributed by atoms with van der Waals surface area (Å²) in [4.78, 5) is 26.0. The van der Waals surface area contributed by atoms with Crippen LogP contribution >= 0.6 is 0 Å². The number of urea groups is 1. The highest BCUT2D eigenvalue weighted by molar-refractivity contribution is 5.96. The summed E-state index contributed by atoms with van der Waals surface area (Å²) in [7, 11) is 1.52. The summed E-state index contributed by atoms with van der Waals surface area (Å²) in [5.74, 6) is -1.00. The van der Waals surface area contributed by atoms with Crippen molar-refractivity contribution in [1.82, 2.24) is 4.90 Å². The first kappa shape index (κ1) is 12.4. The fraction of sp³-hybridized carbons (Fsp3) is 0.385. The van der Waals surface area contributed by atoms with E-state index in [9.17, 15) is 9.59 Å². The van der Waals surface area contributed by atoms with E-state index < -0.39 is 12.0 Å². The highest BCUT2D eigenvalue weighted by Gasteiger charge is 2.30. The Morgan fingerprint density at radius 3 is 2.72 bits per heavy atom. The molecule has 1 atom stereocenters. The minimum atomic E-state index is -1.00. The Labute approximate surface area is 106 Å². The van der Waals surface area contributed by atoms with Crippen molar-refractivity contribution in [2.45, 2.75) is 19.4 Å². The van der Waals surface area contributed by atoms with Gasteiger partial charge in [-0.2, -0.15) is 0 Å². The van der Waals surface area contributed by atoms with Gasteiger partial charge in [-0.15, -0.1) is 0 Å². The number of carboxylic acids is 1. The molecule has 1 aromatic rings. The molecule has 18 heavy (non-hydrogen) atoms. The predicted molar refractivity (Wildman–Crippen MR) is 67.7 cm³/mol. The molecule has 0 aromatic heterocycles. The smallest absolute Gasteiger partial charge is 0.326 e. The molecule has 0 spiro atoms. The number of anilines is 1. The summed E-state index contributed by atoms with van der Waals surface area (Å²) >= 11 is 0. The van der Waals surface area contributed by atoms with E-state index in [1.54, 1.807) is 4.90 Å². The first-order valence-electron chi connectivity index (χ1n) is 5.87. The maximum atomic E-state index is 12.2. The van der Waals surface area contributed by atoms with Crippen molar-refractivity contribution >= 4 is 17.7 Å². The Hall–Kier alpha value is -2.04. The molecule has 96 valence electrons. The molecule has 1 aromatic carbocycles. The van der Waals surface area contributed by atoms with Crippen LogP contribution in [0.25, 0.3) is 0 Å². The average Bonchev–Trinajstić information content (AvgIpc) is 2.79. The van der Waals surface area contributed by atoms with Gasteiger partial charge in [0.25, 0.3) is 0 Å². The second-order valence-corrected chi connectivity index (χ2v) is 4.44. The van der Waals surface area contributed by atoms with Gasteiger partial charge in [-0.3, -0.25) is 4.90 Å². The number of likely N-dealkylation sites (N-methyl/N-ethyl adjacent to an activating group) is 1. The fourth-order valence-electron chi connectivity index (χ4n) is 2.06. The van der Waals surface area contributed by atoms with Crippen LogP contribution in [-0.2, 0) is 11.2 Å². The SMILES string of the molecule is CC(C(=O)O)N(C)C(=O)N1CCc2ccccc21. The van der Waals surface area contributed by atoms with E-state index in [0.717, 1.165) is 17.7 Å². The van der Waals surface area contributed by atoms with Gasteiger partial charge in [0.05, 0.1) is 0 Å². The van der Waals surface area contributed by atoms with Crippen molar-refractivity contribution < 1.29 is 14.7 Å². The molecule has 5 heteroatoms. The highest BCUT2D eigenvalue weighted by atomic mass is 16.4. The van der Waals surface area contributed by atoms with Gasteiger partial charge in [0.2, 0.25) is 0 Å². The van der Waals surface area contributed by atoms with Crippen LogP contribution in [0.2, 0.25) is 0 Å². The number of nitrogens with zero attached hydrogens (tertiary/aromatic N) is 2. The molecule has 0 saturated heterocycles. The van der Waals surface area contributed by atoms with Gasteiger partial charge in [-0.1, -0.05) is 18.2 Å². The zero-order chi connectivity index (χ0) is 13.3. The number of hydrogen-bond donors (Lipinski definition) is 1. The maximum Gasteiger partial charge on any atom is 0.326 e. The lowest BCUT2D eigenvalue weighted by Crippen LogP contribution is -2.47. The van der Waals surface area contributed by atoms with Crippen LogP contribution in [0, 0.1) is 0 Å². The van der Waals surface area contributed by atoms with Gasteiger partial charge in [-0.05, 0) is 25.0 Å². The van der Waals surface area contributed by atoms with Crippen LogP contribution in [0.5, 0.6) is 0 Å². The lowest BCUT2D eigenvalue weighted by atomic mass is 10.2. The van der Waals surface area contributed by atoms with Crippen molar-refractivity contribution in [3.05, 3.63) is 29.8 Å². The third-order valence-corrected chi connectivity index (χ3v) is 3.36. The molecular weight excluding hydrogens is 232 g/mol. The third-order valence-electron chi connectivity index (χ3n) is 3.36. The number of carbonyl (C=O) groups is 2. The first-order chi connectivity index (χ1) is 8.52. The van der Waals surface area contributed by atoms with Crippen molar-refractivity contribution in [2.75, 3.05) is 18.5 Å². The van der Waals surface area contributed by atoms with Crippen molar-refractivity contribution in [3.8, 4) is 0 Å². The van der Waals surface area contributed by atoms with Crippen molar-refractivity contribution in [3.63, 3.8) is 0 Å². The number of carbonyl (C=O) groups excluding carboxylic acids is 1. The first-order valence-corrected chi connectivity index (χ1v) is 5.87. The molecule has 1 heterocycles. The van der Waals surface area contributed by atoms with Gasteiger partial charge >= 0.3 is 12.0 Å². The number of carboxylic acid groups (broad SMARTS) is 1. The van der Waals surface area contributed by atoms with Gasteiger partial charge in [-0.25, -0.2) is 9.59 Å². The van der Waals surface area contributed by atoms with E-state index in [4.69, 9.17) is 5.11 Å². The summed E-state index contributed by atoms with van der Waals surface area (Å²) in [6, 6.07) is 6.60. The Balaban J connectivity index is 2.19. The minimum absolute atomic E-state index is 0.269. The monoisotopic (exact) mass is 248 g/mol. The summed E-state index contributed by atoms with van der Waals surface area (Å²) in [6.07, 6.45) is 0.817. The molecule has 1 aliphatic rings. The molecule has 2 rings (SSSR count). The molecule has 1 unspecified atom stereocenters. The number of benzene rings is 1. The van der Waals surface area contributed by atoms with Crippen LogP contribution < -0.4 is 4.90 Å². The fourth-order valence-corrected chi connectivity index (χ4v) is 2.06. The second kappa shape index (κ2) is 4.68. The van der Waals surface area contributed by atoms with Crippen molar-refractivity contribution in [1.29, 1.82) is 0 Å². The lowest BCUT2D eigenvalue weighted by molar-refractivity contribution is -0.141. The zero-order valence-electron chi connectivity index (χ0n) is 10.5. The largest absolute Gasteiger partial charge is 0.480 e. The molecule has 0 radical (unpaired) electrons. The van der Waals surface area contributed by atoms with E-state index in [1.807, 2.05) is 24.3 Å². The average molecular weight is 248 g/mol. The van der Waals surface area contributed by atoms with Crippen LogP contribution in [0.1, 0.15) is 12.5 Å². The van der Waals surface area contributed by atoms with Crippen LogP contribution in [0.15, 0.2) is 24.3 Å². The summed E-state index contributed by atoms with van der Waals surface area (Å²) < 4.78 is 0. The Bertz CT molecular complexity index is 487. The number of hydrogen-bond acceptors (Lipinski definition) is 2. The van der Waals surface area contributed by atoms with E-state index in [2.05, 4.69) is 0 Å². The standard InChI is InChI=1S/C13H16N2O3/c1-9(12(16)17)14(2)13(18)15-8-7-10-5-3-4-6-11(10)15/h3-6,9H,7-8H2,1-2H3,(H,16,17). The Kier molecular flexibility index (Phi) is 3.23. The second-order valence-electron chi connectivity index (χ2n) is 4.44. The normalized spacial score (nSPS) is 15.1. The summed E-state index contributed by atoms with van der Waals surface area (Å²) in [5.41, 5.74) is 2.01. The van der Waals surface area contributed by atoms with E-state index in [0.29, 0.717) is 6.54 Å². The van der Waals surface area contributed by atoms with E-state index in [-0.39, 0.29) is 6.03 Å². The van der Waals surface area contributed by atoms with Gasteiger partial charge in [0, 0.05) is 19.3 Å². The number of aliphatic carboxylic acids is 1. The number of rotatable bonds is 2. The number of para-hydroxylation sites is 1. The highest BCUT2D eigenvalue weighted by Crippen LogP contribution is 2.28. The molecule has 0 fully saturated rings. The van der Waals surface area contributed by atoms with Crippen molar-refractivity contribution in [2.24, 2.45) is 0 Å². The van der Waals surface area contributed by atoms with Crippen LogP contribution in [0.3, 0.4) is 0 Å². The van der Waals surface area contributed by atoms with Crippen LogP contribution in [-0.4, -0.2) is 41.6 Å². The van der Waals surface area contributed by atoms with Gasteiger partial charge < -0.3 is 10.0 Å². The summed E-state index contributed by atoms with van der Waals surface area (Å²) in [5, 5.41) is 8.93. The maximum absolute atomic E-state index is 12.2. The Morgan fingerprint density at radius 2 is 2.06 bits per heavy atom. The summed E-state index contributed by atoms with van der Waals surface area (Å²) in [6.45, 7) is 2.11. The van der Waals surface area contributed by atoms with Crippen LogP contribution in [0.4, 0.5) is 10.5 Å². The van der Waals surface area contributed by atoms with Gasteiger partial charge in [0.15, 0.2) is 0 Å². The molecule has 1 aliphatic heterocycles. The number of amides is 2. The minimum Gasteiger partial charge on any atom is -0.480 e. The molecule has 2 amide bonds. The Morgan fingerprint density at radius 1 is 1.39 bits per heavy atom. The topological polar surface area (TPSA) is 60.9 Å². The zero-order valence-corrected chi connectivity index (χ0v) is 10.5. The number of fused-ring (bicyclic) bond motifs is 1. The lowest BCUT2D eigenvalue weighted by Gasteiger charge is -2.27. The van der Waals surface area contributed by atoms with Gasteiger partial charge in [0.1, 0.15) is 6.04 Å². The molecule has 1 N–H and O–H groups in total. The molecule has 0 saturated carbocycles. The quantitative estimate of drug-likeness (QED) is 0.864. The van der Waals surface area contributed by atoms with E-state index >= 15 is 0 Å². The molecular formula is C13H16N2O3. The molecule has 5 nitrogen and oxygen atoms in total. The molecule has 0 aliphatic carbocycles. The third kappa shape index (κ3) is 2.03. The van der Waals surface area contributed by atoms with E-state index in [1.165, 1.54) is 18.9 Å².